The molecule has 3 aromatic carbocycles. The molecule has 0 spiro atoms. The summed E-state index contributed by atoms with van der Waals surface area (Å²) in [5.41, 5.74) is 0.611. The minimum atomic E-state index is -1.16. The van der Waals surface area contributed by atoms with Gasteiger partial charge in [-0.05, 0) is 48.0 Å². The van der Waals surface area contributed by atoms with Gasteiger partial charge >= 0.3 is 12.0 Å². The van der Waals surface area contributed by atoms with Crippen LogP contribution in [0.25, 0.3) is 22.3 Å². The first-order valence-electron chi connectivity index (χ1n) is 14.1. The third-order valence-electron chi connectivity index (χ3n) is 7.97. The van der Waals surface area contributed by atoms with Gasteiger partial charge in [-0.2, -0.15) is 10.2 Å². The molecule has 1 fully saturated rings. The van der Waals surface area contributed by atoms with Crippen molar-refractivity contribution in [2.45, 2.75) is 32.9 Å². The Morgan fingerprint density at radius 1 is 1.11 bits per heavy atom. The van der Waals surface area contributed by atoms with E-state index in [-0.39, 0.29) is 69.0 Å². The van der Waals surface area contributed by atoms with Crippen molar-refractivity contribution < 1.29 is 32.5 Å². The third kappa shape index (κ3) is 5.87. The van der Waals surface area contributed by atoms with Gasteiger partial charge in [-0.1, -0.05) is 31.5 Å². The van der Waals surface area contributed by atoms with Crippen LogP contribution in [0.2, 0.25) is 5.02 Å². The monoisotopic (exact) mass is 647 g/mol. The molecule has 0 radical (unpaired) electrons. The number of hydrogen-bond acceptors (Lipinski definition) is 7. The Morgan fingerprint density at radius 3 is 2.59 bits per heavy atom. The first-order chi connectivity index (χ1) is 21.9. The molecule has 0 amide bonds. The molecular formula is C33H25ClF3N5O4. The minimum absolute atomic E-state index is 0.00549. The quantitative estimate of drug-likeness (QED) is 0.193. The number of carboxylic acids is 1. The molecule has 3 heterocycles. The Hall–Kier alpha value is -4.99. The zero-order chi connectivity index (χ0) is 32.7. The number of halogens is 4. The van der Waals surface area contributed by atoms with E-state index in [0.717, 1.165) is 18.2 Å². The highest BCUT2D eigenvalue weighted by Gasteiger charge is 2.39. The van der Waals surface area contributed by atoms with Crippen LogP contribution in [-0.2, 0) is 17.8 Å². The summed E-state index contributed by atoms with van der Waals surface area (Å²) in [5.74, 6) is -2.93. The van der Waals surface area contributed by atoms with Gasteiger partial charge in [0.1, 0.15) is 35.4 Å². The van der Waals surface area contributed by atoms with Crippen molar-refractivity contribution in [3.05, 3.63) is 105 Å². The van der Waals surface area contributed by atoms with Crippen LogP contribution in [0.4, 0.5) is 13.2 Å². The Bertz CT molecular complexity index is 2060. The number of imidazole rings is 1. The molecule has 234 valence electrons. The van der Waals surface area contributed by atoms with Crippen LogP contribution in [0.1, 0.15) is 52.8 Å². The van der Waals surface area contributed by atoms with Gasteiger partial charge in [0, 0.05) is 29.2 Å². The van der Waals surface area contributed by atoms with Crippen LogP contribution < -0.4 is 4.74 Å². The number of fused-ring (bicyclic) bond motifs is 1. The third-order valence-corrected chi connectivity index (χ3v) is 8.25. The lowest BCUT2D eigenvalue weighted by molar-refractivity contribution is 0.0697. The van der Waals surface area contributed by atoms with Crippen molar-refractivity contribution in [3.8, 4) is 23.3 Å². The van der Waals surface area contributed by atoms with E-state index in [2.05, 4.69) is 15.0 Å². The van der Waals surface area contributed by atoms with Crippen molar-refractivity contribution in [3.63, 3.8) is 0 Å². The molecule has 1 atom stereocenters. The van der Waals surface area contributed by atoms with E-state index in [4.69, 9.17) is 26.3 Å². The van der Waals surface area contributed by atoms with Crippen LogP contribution >= 0.6 is 11.6 Å². The lowest BCUT2D eigenvalue weighted by Gasteiger charge is -2.28. The van der Waals surface area contributed by atoms with Crippen molar-refractivity contribution >= 4 is 28.6 Å². The van der Waals surface area contributed by atoms with Crippen LogP contribution in [0, 0.1) is 34.2 Å². The average molecular weight is 648 g/mol. The summed E-state index contributed by atoms with van der Waals surface area (Å²) in [7, 11) is 0. The molecule has 1 aliphatic rings. The van der Waals surface area contributed by atoms with Crippen molar-refractivity contribution in [1.82, 2.24) is 19.5 Å². The molecular weight excluding hydrogens is 623 g/mol. The molecule has 1 saturated heterocycles. The molecule has 0 saturated carbocycles. The lowest BCUT2D eigenvalue weighted by Crippen LogP contribution is -2.27. The Labute approximate surface area is 265 Å². The molecule has 46 heavy (non-hydrogen) atoms. The largest absolute Gasteiger partial charge is 0.478 e. The summed E-state index contributed by atoms with van der Waals surface area (Å²) in [6.07, 6.45) is 1.18. The summed E-state index contributed by atoms with van der Waals surface area (Å²) < 4.78 is 58.6. The molecule has 6 rings (SSSR count). The second kappa shape index (κ2) is 12.1. The van der Waals surface area contributed by atoms with E-state index in [1.807, 2.05) is 24.5 Å². The summed E-state index contributed by atoms with van der Waals surface area (Å²) in [6.45, 7) is 4.50. The highest BCUT2D eigenvalue weighted by atomic mass is 35.5. The van der Waals surface area contributed by atoms with Gasteiger partial charge < -0.3 is 19.1 Å². The fourth-order valence-electron chi connectivity index (χ4n) is 5.50. The van der Waals surface area contributed by atoms with Gasteiger partial charge in [0.15, 0.2) is 0 Å². The molecule has 9 nitrogen and oxygen atoms in total. The summed E-state index contributed by atoms with van der Waals surface area (Å²) in [6, 6.07) is 11.5. The summed E-state index contributed by atoms with van der Waals surface area (Å²) >= 11 is 6.45. The van der Waals surface area contributed by atoms with E-state index >= 15 is 8.78 Å². The maximum atomic E-state index is 15.7. The molecule has 2 aromatic heterocycles. The first-order valence-corrected chi connectivity index (χ1v) is 14.5. The second-order valence-corrected chi connectivity index (χ2v) is 12.0. The van der Waals surface area contributed by atoms with Crippen LogP contribution in [0.3, 0.4) is 0 Å². The Balaban J connectivity index is 1.32. The molecule has 5 aromatic rings. The van der Waals surface area contributed by atoms with Crippen LogP contribution in [-0.4, -0.2) is 43.8 Å². The SMILES string of the molecule is CC1(C)COC[C@H]1n1c(Cc2cc(F)c(-c3ccnc(OCc4ccc(C#N)cc4F)n3)cc2F)nc2c(Cl)cc(C(=O)O)cc21. The Morgan fingerprint density at radius 2 is 1.89 bits per heavy atom. The van der Waals surface area contributed by atoms with Gasteiger partial charge in [0.25, 0.3) is 0 Å². The number of ether oxygens (including phenoxy) is 2. The minimum Gasteiger partial charge on any atom is -0.478 e. The highest BCUT2D eigenvalue weighted by Crippen LogP contribution is 2.41. The number of aromatic nitrogens is 4. The fourth-order valence-corrected chi connectivity index (χ4v) is 5.76. The second-order valence-electron chi connectivity index (χ2n) is 11.6. The van der Waals surface area contributed by atoms with Crippen molar-refractivity contribution in [2.24, 2.45) is 5.41 Å². The van der Waals surface area contributed by atoms with Crippen molar-refractivity contribution in [2.75, 3.05) is 13.2 Å². The number of rotatable bonds is 8. The number of carboxylic acid groups (broad SMARTS) is 1. The molecule has 1 N–H and O–H groups in total. The van der Waals surface area contributed by atoms with Crippen LogP contribution in [0.15, 0.2) is 54.7 Å². The number of nitriles is 1. The number of nitrogens with zero attached hydrogens (tertiary/aromatic N) is 5. The topological polar surface area (TPSA) is 123 Å². The molecule has 1 aliphatic heterocycles. The number of carbonyl (C=O) groups is 1. The van der Waals surface area contributed by atoms with E-state index in [1.165, 1.54) is 36.5 Å². The zero-order valence-corrected chi connectivity index (χ0v) is 25.3. The summed E-state index contributed by atoms with van der Waals surface area (Å²) in [5, 5.41) is 18.7. The van der Waals surface area contributed by atoms with Crippen molar-refractivity contribution in [1.29, 1.82) is 5.26 Å². The predicted molar refractivity (Wildman–Crippen MR) is 161 cm³/mol. The predicted octanol–water partition coefficient (Wildman–Crippen LogP) is 6.90. The van der Waals surface area contributed by atoms with E-state index in [9.17, 15) is 14.3 Å². The highest BCUT2D eigenvalue weighted by molar-refractivity contribution is 6.35. The molecule has 0 unspecified atom stereocenters. The lowest BCUT2D eigenvalue weighted by atomic mass is 9.87. The number of benzene rings is 3. The molecule has 13 heteroatoms. The van der Waals surface area contributed by atoms with Crippen LogP contribution in [0.5, 0.6) is 6.01 Å². The van der Waals surface area contributed by atoms with E-state index in [0.29, 0.717) is 30.1 Å². The van der Waals surface area contributed by atoms with Gasteiger partial charge in [-0.25, -0.2) is 27.9 Å². The van der Waals surface area contributed by atoms with Gasteiger partial charge in [-0.3, -0.25) is 0 Å². The van der Waals surface area contributed by atoms with Gasteiger partial charge in [0.2, 0.25) is 0 Å². The fraction of sp³-hybridized carbons (Fsp3) is 0.242. The maximum absolute atomic E-state index is 15.7. The average Bonchev–Trinajstić information content (AvgIpc) is 3.56. The van der Waals surface area contributed by atoms with E-state index < -0.39 is 23.4 Å². The summed E-state index contributed by atoms with van der Waals surface area (Å²) in [4.78, 5) is 24.6. The standard InChI is InChI=1S/C33H25ClF3N5O4/c1-33(2)16-45-15-28(33)42-27-10-20(31(43)44)8-22(34)30(27)41-29(42)11-19-9-25(37)21(12-24(19)36)26-5-6-39-32(40-26)46-14-18-4-3-17(13-38)7-23(18)35/h3-10,12,28H,11,14-16H2,1-2H3,(H,43,44)/t28-/m1/s1. The van der Waals surface area contributed by atoms with Gasteiger partial charge in [-0.15, -0.1) is 0 Å². The van der Waals surface area contributed by atoms with Gasteiger partial charge in [0.05, 0.1) is 52.7 Å². The number of aromatic carboxylic acids is 1. The maximum Gasteiger partial charge on any atom is 0.335 e. The molecule has 0 bridgehead atoms. The first kappa shape index (κ1) is 31.0. The Kier molecular flexibility index (Phi) is 8.14. The normalized spacial score (nSPS) is 15.6. The smallest absolute Gasteiger partial charge is 0.335 e. The molecule has 0 aliphatic carbocycles. The zero-order valence-electron chi connectivity index (χ0n) is 24.5. The number of hydrogen-bond donors (Lipinski definition) is 1. The van der Waals surface area contributed by atoms with E-state index in [1.54, 1.807) is 0 Å².